The van der Waals surface area contributed by atoms with E-state index in [1.54, 1.807) is 29.7 Å². The summed E-state index contributed by atoms with van der Waals surface area (Å²) in [7, 11) is 4.07. The fourth-order valence-electron chi connectivity index (χ4n) is 3.98. The zero-order valence-corrected chi connectivity index (χ0v) is 17.3. The summed E-state index contributed by atoms with van der Waals surface area (Å²) in [6, 6.07) is 8.13. The lowest BCUT2D eigenvalue weighted by Crippen LogP contribution is -3.05. The first-order chi connectivity index (χ1) is 14.4. The summed E-state index contributed by atoms with van der Waals surface area (Å²) >= 11 is 0. The van der Waals surface area contributed by atoms with Crippen molar-refractivity contribution in [3.05, 3.63) is 65.5 Å². The molecule has 3 aromatic rings. The van der Waals surface area contributed by atoms with Crippen LogP contribution in [0, 0.1) is 6.92 Å². The highest BCUT2D eigenvalue weighted by Crippen LogP contribution is 2.40. The summed E-state index contributed by atoms with van der Waals surface area (Å²) in [6.07, 6.45) is 3.99. The molecule has 30 heavy (non-hydrogen) atoms. The number of hydrogen-bond acceptors (Lipinski definition) is 5. The third-order valence-corrected chi connectivity index (χ3v) is 5.36. The third kappa shape index (κ3) is 3.29. The van der Waals surface area contributed by atoms with E-state index in [-0.39, 0.29) is 11.3 Å². The maximum absolute atomic E-state index is 13.0. The number of fused-ring (bicyclic) bond motifs is 1. The lowest BCUT2D eigenvalue weighted by molar-refractivity contribution is -0.858. The monoisotopic (exact) mass is 409 g/mol. The van der Waals surface area contributed by atoms with Gasteiger partial charge in [0.05, 0.1) is 38.2 Å². The molecule has 0 unspecified atom stereocenters. The van der Waals surface area contributed by atoms with Crippen molar-refractivity contribution in [3.8, 4) is 0 Å². The Kier molecular flexibility index (Phi) is 5.17. The first kappa shape index (κ1) is 19.9. The number of quaternary nitrogens is 1. The van der Waals surface area contributed by atoms with Crippen LogP contribution in [0.1, 0.15) is 29.6 Å². The summed E-state index contributed by atoms with van der Waals surface area (Å²) in [5, 5.41) is 11.3. The Bertz CT molecular complexity index is 1130. The number of furan rings is 1. The molecule has 0 bridgehead atoms. The molecule has 4 heterocycles. The van der Waals surface area contributed by atoms with Crippen molar-refractivity contribution in [2.24, 2.45) is 0 Å². The molecular formula is C22H25N4O4+. The Morgan fingerprint density at radius 3 is 2.73 bits per heavy atom. The molecule has 8 heteroatoms. The second-order valence-electron chi connectivity index (χ2n) is 7.79. The zero-order valence-electron chi connectivity index (χ0n) is 17.3. The number of ketones is 1. The number of aliphatic hydroxyl groups is 1. The highest BCUT2D eigenvalue weighted by Gasteiger charge is 2.47. The number of likely N-dealkylation sites (tertiary alicyclic amines) is 1. The van der Waals surface area contributed by atoms with Gasteiger partial charge in [-0.05, 0) is 31.2 Å². The SMILES string of the molecule is Cc1nc2ccccn2c1/C(O)=C1\C(=O)C(=O)N(CCC[NH+](C)C)[C@@H]1c1ccco1. The minimum atomic E-state index is -0.772. The fraction of sp³-hybridized carbons (Fsp3) is 0.318. The van der Waals surface area contributed by atoms with Gasteiger partial charge in [-0.1, -0.05) is 6.07 Å². The molecule has 156 valence electrons. The van der Waals surface area contributed by atoms with Gasteiger partial charge in [-0.25, -0.2) is 4.98 Å². The Morgan fingerprint density at radius 2 is 2.03 bits per heavy atom. The molecule has 1 aliphatic heterocycles. The molecule has 1 aliphatic rings. The fourth-order valence-corrected chi connectivity index (χ4v) is 3.98. The molecule has 0 aromatic carbocycles. The lowest BCUT2D eigenvalue weighted by atomic mass is 10.0. The molecule has 1 saturated heterocycles. The molecule has 0 aliphatic carbocycles. The molecule has 3 aromatic heterocycles. The van der Waals surface area contributed by atoms with Crippen LogP contribution in [0.2, 0.25) is 0 Å². The first-order valence-corrected chi connectivity index (χ1v) is 9.95. The molecular weight excluding hydrogens is 384 g/mol. The lowest BCUT2D eigenvalue weighted by Gasteiger charge is -2.23. The van der Waals surface area contributed by atoms with Gasteiger partial charge in [0.2, 0.25) is 0 Å². The van der Waals surface area contributed by atoms with Gasteiger partial charge >= 0.3 is 0 Å². The van der Waals surface area contributed by atoms with Gasteiger partial charge < -0.3 is 19.3 Å². The Labute approximate surface area is 174 Å². The second kappa shape index (κ2) is 7.79. The highest BCUT2D eigenvalue weighted by atomic mass is 16.3. The largest absolute Gasteiger partial charge is 0.505 e. The Balaban J connectivity index is 1.85. The highest BCUT2D eigenvalue weighted by molar-refractivity contribution is 6.46. The van der Waals surface area contributed by atoms with Crippen LogP contribution >= 0.6 is 0 Å². The summed E-state index contributed by atoms with van der Waals surface area (Å²) < 4.78 is 7.28. The van der Waals surface area contributed by atoms with E-state index in [0.29, 0.717) is 29.3 Å². The molecule has 1 amide bonds. The standard InChI is InChI=1S/C22H24N4O4/c1-14-18(25-11-5-4-9-16(25)23-14)20(27)17-19(15-8-6-13-30-15)26(22(29)21(17)28)12-7-10-24(2)3/h4-6,8-9,11,13,19,27H,7,10,12H2,1-3H3/p+1/b20-17+/t19-/m1/s1. The number of aryl methyl sites for hydroxylation is 1. The van der Waals surface area contributed by atoms with Crippen molar-refractivity contribution in [2.75, 3.05) is 27.2 Å². The van der Waals surface area contributed by atoms with Gasteiger partial charge in [-0.3, -0.25) is 14.0 Å². The van der Waals surface area contributed by atoms with E-state index in [1.807, 2.05) is 32.3 Å². The predicted molar refractivity (Wildman–Crippen MR) is 110 cm³/mol. The number of carbonyl (C=O) groups excluding carboxylic acids is 2. The Morgan fingerprint density at radius 1 is 1.23 bits per heavy atom. The zero-order chi connectivity index (χ0) is 21.4. The molecule has 0 radical (unpaired) electrons. The van der Waals surface area contributed by atoms with E-state index in [2.05, 4.69) is 4.98 Å². The number of carbonyl (C=O) groups is 2. The number of imidazole rings is 1. The molecule has 0 saturated carbocycles. The van der Waals surface area contributed by atoms with Crippen LogP contribution in [0.4, 0.5) is 0 Å². The van der Waals surface area contributed by atoms with Crippen LogP contribution in [-0.2, 0) is 9.59 Å². The molecule has 1 atom stereocenters. The maximum atomic E-state index is 13.0. The summed E-state index contributed by atoms with van der Waals surface area (Å²) in [6.45, 7) is 3.00. The number of pyridine rings is 1. The van der Waals surface area contributed by atoms with Crippen molar-refractivity contribution in [3.63, 3.8) is 0 Å². The average Bonchev–Trinajstić information content (AvgIpc) is 3.40. The predicted octanol–water partition coefficient (Wildman–Crippen LogP) is 1.19. The molecule has 0 spiro atoms. The number of hydrogen-bond donors (Lipinski definition) is 2. The number of aliphatic hydroxyl groups excluding tert-OH is 1. The van der Waals surface area contributed by atoms with Crippen molar-refractivity contribution >= 4 is 23.1 Å². The first-order valence-electron chi connectivity index (χ1n) is 9.95. The number of nitrogens with zero attached hydrogens (tertiary/aromatic N) is 3. The summed E-state index contributed by atoms with van der Waals surface area (Å²) in [4.78, 5) is 33.1. The van der Waals surface area contributed by atoms with Crippen molar-refractivity contribution in [2.45, 2.75) is 19.4 Å². The number of Topliss-reactive ketones (excluding diaryl/α,β-unsaturated/α-hetero) is 1. The van der Waals surface area contributed by atoms with Gasteiger partial charge in [-0.15, -0.1) is 0 Å². The van der Waals surface area contributed by atoms with Crippen molar-refractivity contribution < 1.29 is 24.0 Å². The van der Waals surface area contributed by atoms with E-state index in [1.165, 1.54) is 16.1 Å². The number of aromatic nitrogens is 2. The topological polar surface area (TPSA) is 92.5 Å². The van der Waals surface area contributed by atoms with Gasteiger partial charge in [-0.2, -0.15) is 0 Å². The van der Waals surface area contributed by atoms with Gasteiger partial charge in [0.15, 0.2) is 5.76 Å². The smallest absolute Gasteiger partial charge is 0.295 e. The van der Waals surface area contributed by atoms with Crippen LogP contribution in [0.5, 0.6) is 0 Å². The minimum Gasteiger partial charge on any atom is -0.505 e. The van der Waals surface area contributed by atoms with Crippen LogP contribution in [0.25, 0.3) is 11.4 Å². The van der Waals surface area contributed by atoms with Crippen molar-refractivity contribution in [1.29, 1.82) is 0 Å². The molecule has 2 N–H and O–H groups in total. The van der Waals surface area contributed by atoms with Gasteiger partial charge in [0.25, 0.3) is 11.7 Å². The van der Waals surface area contributed by atoms with Crippen LogP contribution in [0.3, 0.4) is 0 Å². The van der Waals surface area contributed by atoms with Crippen LogP contribution < -0.4 is 4.90 Å². The maximum Gasteiger partial charge on any atom is 0.295 e. The molecule has 8 nitrogen and oxygen atoms in total. The summed E-state index contributed by atoms with van der Waals surface area (Å²) in [5.41, 5.74) is 1.65. The van der Waals surface area contributed by atoms with E-state index in [4.69, 9.17) is 4.42 Å². The van der Waals surface area contributed by atoms with Crippen LogP contribution in [0.15, 0.2) is 52.8 Å². The van der Waals surface area contributed by atoms with Crippen LogP contribution in [-0.4, -0.2) is 58.3 Å². The van der Waals surface area contributed by atoms with E-state index in [9.17, 15) is 14.7 Å². The summed E-state index contributed by atoms with van der Waals surface area (Å²) in [5.74, 6) is -1.14. The number of amides is 1. The second-order valence-corrected chi connectivity index (χ2v) is 7.79. The van der Waals surface area contributed by atoms with Crippen molar-refractivity contribution in [1.82, 2.24) is 14.3 Å². The minimum absolute atomic E-state index is 0.0286. The van der Waals surface area contributed by atoms with Gasteiger partial charge in [0, 0.05) is 19.2 Å². The quantitative estimate of drug-likeness (QED) is 0.363. The Hall–Kier alpha value is -3.39. The van der Waals surface area contributed by atoms with E-state index >= 15 is 0 Å². The molecule has 1 fully saturated rings. The van der Waals surface area contributed by atoms with Gasteiger partial charge in [0.1, 0.15) is 23.1 Å². The molecule has 4 rings (SSSR count). The number of rotatable bonds is 6. The third-order valence-electron chi connectivity index (χ3n) is 5.36. The average molecular weight is 409 g/mol. The normalized spacial score (nSPS) is 18.8. The number of nitrogens with one attached hydrogen (secondary N) is 1. The van der Waals surface area contributed by atoms with E-state index < -0.39 is 17.7 Å². The van der Waals surface area contributed by atoms with E-state index in [0.717, 1.165) is 13.0 Å².